The highest BCUT2D eigenvalue weighted by Crippen LogP contribution is 2.28. The summed E-state index contributed by atoms with van der Waals surface area (Å²) in [5.74, 6) is 1.35. The maximum atomic E-state index is 8.85. The summed E-state index contributed by atoms with van der Waals surface area (Å²) >= 11 is 0. The molecule has 1 rings (SSSR count). The summed E-state index contributed by atoms with van der Waals surface area (Å²) in [6.07, 6.45) is 10.3. The molecule has 0 saturated heterocycles. The van der Waals surface area contributed by atoms with Crippen LogP contribution in [0.1, 0.15) is 63.9 Å². The van der Waals surface area contributed by atoms with Crippen molar-refractivity contribution >= 4 is 0 Å². The molecule has 0 atom stereocenters. The largest absolute Gasteiger partial charge is 0.493 e. The van der Waals surface area contributed by atoms with Gasteiger partial charge >= 0.3 is 0 Å². The molecule has 3 heteroatoms. The highest BCUT2D eigenvalue weighted by Gasteiger charge is 2.05. The van der Waals surface area contributed by atoms with Gasteiger partial charge in [0.2, 0.25) is 0 Å². The minimum Gasteiger partial charge on any atom is -0.493 e. The van der Waals surface area contributed by atoms with Crippen LogP contribution in [0.3, 0.4) is 0 Å². The molecule has 1 aromatic rings. The molecular formula is C18H27NO2. The average molecular weight is 289 g/mol. The molecule has 116 valence electrons. The molecule has 0 aromatic heterocycles. The normalized spacial score (nSPS) is 10.1. The zero-order chi connectivity index (χ0) is 15.3. The Labute approximate surface area is 128 Å². The number of nitriles is 1. The quantitative estimate of drug-likeness (QED) is 0.533. The number of ether oxygens (including phenoxy) is 2. The number of hydrogen-bond acceptors (Lipinski definition) is 3. The Morgan fingerprint density at radius 2 is 1.62 bits per heavy atom. The van der Waals surface area contributed by atoms with Gasteiger partial charge in [-0.05, 0) is 18.6 Å². The van der Waals surface area contributed by atoms with Crippen molar-refractivity contribution < 1.29 is 9.47 Å². The molecule has 21 heavy (non-hydrogen) atoms. The number of methoxy groups -OCH3 is 1. The van der Waals surface area contributed by atoms with Gasteiger partial charge in [-0.25, -0.2) is 0 Å². The lowest BCUT2D eigenvalue weighted by Crippen LogP contribution is -1.99. The second-order valence-electron chi connectivity index (χ2n) is 5.30. The molecule has 0 N–H and O–H groups in total. The Balaban J connectivity index is 2.17. The highest BCUT2D eigenvalue weighted by molar-refractivity contribution is 5.46. The van der Waals surface area contributed by atoms with Gasteiger partial charge in [0.15, 0.2) is 11.5 Å². The fourth-order valence-electron chi connectivity index (χ4n) is 2.27. The number of hydrogen-bond donors (Lipinski definition) is 0. The lowest BCUT2D eigenvalue weighted by atomic mass is 10.1. The summed E-state index contributed by atoms with van der Waals surface area (Å²) in [5.41, 5.74) is 0.589. The third-order valence-corrected chi connectivity index (χ3v) is 3.55. The molecule has 0 fully saturated rings. The fraction of sp³-hybridized carbons (Fsp3) is 0.611. The first-order valence-corrected chi connectivity index (χ1v) is 8.02. The lowest BCUT2D eigenvalue weighted by molar-refractivity contribution is 0.284. The van der Waals surface area contributed by atoms with Crippen molar-refractivity contribution in [2.24, 2.45) is 0 Å². The van der Waals surface area contributed by atoms with Crippen LogP contribution in [-0.2, 0) is 0 Å². The van der Waals surface area contributed by atoms with Gasteiger partial charge in [0.1, 0.15) is 0 Å². The number of rotatable bonds is 11. The van der Waals surface area contributed by atoms with Crippen molar-refractivity contribution in [3.8, 4) is 17.6 Å². The van der Waals surface area contributed by atoms with Crippen LogP contribution in [0.2, 0.25) is 0 Å². The summed E-state index contributed by atoms with van der Waals surface area (Å²) in [5, 5.41) is 8.85. The third kappa shape index (κ3) is 7.04. The standard InChI is InChI=1S/C18H27NO2/c1-3-4-5-6-7-8-9-10-13-21-17-12-11-16(15-19)14-18(17)20-2/h11-12,14H,3-10,13H2,1-2H3. The van der Waals surface area contributed by atoms with Gasteiger partial charge in [-0.1, -0.05) is 51.9 Å². The van der Waals surface area contributed by atoms with E-state index in [0.29, 0.717) is 17.9 Å². The van der Waals surface area contributed by atoms with Crippen molar-refractivity contribution in [2.45, 2.75) is 58.3 Å². The van der Waals surface area contributed by atoms with Crippen molar-refractivity contribution in [2.75, 3.05) is 13.7 Å². The summed E-state index contributed by atoms with van der Waals surface area (Å²) in [6, 6.07) is 7.37. The van der Waals surface area contributed by atoms with Crippen LogP contribution < -0.4 is 9.47 Å². The monoisotopic (exact) mass is 289 g/mol. The predicted molar refractivity (Wildman–Crippen MR) is 85.8 cm³/mol. The molecule has 1 aromatic carbocycles. The van der Waals surface area contributed by atoms with E-state index in [1.165, 1.54) is 44.9 Å². The summed E-state index contributed by atoms with van der Waals surface area (Å²) < 4.78 is 11.0. The van der Waals surface area contributed by atoms with Gasteiger partial charge in [-0.15, -0.1) is 0 Å². The third-order valence-electron chi connectivity index (χ3n) is 3.55. The van der Waals surface area contributed by atoms with Crippen molar-refractivity contribution in [3.05, 3.63) is 23.8 Å². The maximum absolute atomic E-state index is 8.85. The van der Waals surface area contributed by atoms with E-state index >= 15 is 0 Å². The first-order valence-electron chi connectivity index (χ1n) is 8.02. The van der Waals surface area contributed by atoms with Gasteiger partial charge in [0.05, 0.1) is 25.3 Å². The van der Waals surface area contributed by atoms with Gasteiger partial charge < -0.3 is 9.47 Å². The lowest BCUT2D eigenvalue weighted by Gasteiger charge is -2.10. The van der Waals surface area contributed by atoms with Gasteiger partial charge in [-0.3, -0.25) is 0 Å². The van der Waals surface area contributed by atoms with E-state index in [9.17, 15) is 0 Å². The van der Waals surface area contributed by atoms with Gasteiger partial charge in [0.25, 0.3) is 0 Å². The molecule has 0 aliphatic heterocycles. The Morgan fingerprint density at radius 1 is 0.952 bits per heavy atom. The van der Waals surface area contributed by atoms with E-state index < -0.39 is 0 Å². The molecule has 0 spiro atoms. The van der Waals surface area contributed by atoms with Crippen LogP contribution in [0.15, 0.2) is 18.2 Å². The van der Waals surface area contributed by atoms with E-state index in [1.54, 1.807) is 19.2 Å². The Morgan fingerprint density at radius 3 is 2.24 bits per heavy atom. The average Bonchev–Trinajstić information content (AvgIpc) is 2.53. The number of benzene rings is 1. The number of nitrogens with zero attached hydrogens (tertiary/aromatic N) is 1. The van der Waals surface area contributed by atoms with E-state index in [0.717, 1.165) is 12.2 Å². The first-order chi connectivity index (χ1) is 10.3. The first kappa shape index (κ1) is 17.4. The van der Waals surface area contributed by atoms with Crippen molar-refractivity contribution in [1.29, 1.82) is 5.26 Å². The molecular weight excluding hydrogens is 262 g/mol. The zero-order valence-electron chi connectivity index (χ0n) is 13.4. The minimum atomic E-state index is 0.589. The van der Waals surface area contributed by atoms with E-state index in [4.69, 9.17) is 14.7 Å². The highest BCUT2D eigenvalue weighted by atomic mass is 16.5. The van der Waals surface area contributed by atoms with Crippen LogP contribution in [-0.4, -0.2) is 13.7 Å². The van der Waals surface area contributed by atoms with E-state index in [-0.39, 0.29) is 0 Å². The van der Waals surface area contributed by atoms with Crippen LogP contribution in [0, 0.1) is 11.3 Å². The smallest absolute Gasteiger partial charge is 0.162 e. The van der Waals surface area contributed by atoms with E-state index in [1.807, 2.05) is 6.07 Å². The summed E-state index contributed by atoms with van der Waals surface area (Å²) in [4.78, 5) is 0. The second kappa shape index (κ2) is 11.0. The molecule has 0 radical (unpaired) electrons. The SMILES string of the molecule is CCCCCCCCCCOc1ccc(C#N)cc1OC. The Hall–Kier alpha value is -1.69. The second-order valence-corrected chi connectivity index (χ2v) is 5.30. The molecule has 0 unspecified atom stereocenters. The number of unbranched alkanes of at least 4 members (excludes halogenated alkanes) is 7. The Kier molecular flexibility index (Phi) is 9.11. The molecule has 0 aliphatic rings. The van der Waals surface area contributed by atoms with Gasteiger partial charge in [-0.2, -0.15) is 5.26 Å². The topological polar surface area (TPSA) is 42.2 Å². The fourth-order valence-corrected chi connectivity index (χ4v) is 2.27. The van der Waals surface area contributed by atoms with Crippen LogP contribution in [0.4, 0.5) is 0 Å². The zero-order valence-corrected chi connectivity index (χ0v) is 13.4. The Bertz CT molecular complexity index is 437. The summed E-state index contributed by atoms with van der Waals surface area (Å²) in [6.45, 7) is 2.95. The molecule has 3 nitrogen and oxygen atoms in total. The maximum Gasteiger partial charge on any atom is 0.162 e. The molecule has 0 saturated carbocycles. The van der Waals surface area contributed by atoms with Crippen LogP contribution >= 0.6 is 0 Å². The molecule has 0 heterocycles. The minimum absolute atomic E-state index is 0.589. The van der Waals surface area contributed by atoms with Crippen molar-refractivity contribution in [3.63, 3.8) is 0 Å². The molecule has 0 bridgehead atoms. The van der Waals surface area contributed by atoms with Crippen molar-refractivity contribution in [1.82, 2.24) is 0 Å². The predicted octanol–water partition coefficient (Wildman–Crippen LogP) is 5.09. The van der Waals surface area contributed by atoms with Crippen LogP contribution in [0.5, 0.6) is 11.5 Å². The molecule has 0 aliphatic carbocycles. The van der Waals surface area contributed by atoms with Crippen LogP contribution in [0.25, 0.3) is 0 Å². The van der Waals surface area contributed by atoms with E-state index in [2.05, 4.69) is 13.0 Å². The summed E-state index contributed by atoms with van der Waals surface area (Å²) in [7, 11) is 1.60. The van der Waals surface area contributed by atoms with Gasteiger partial charge in [0, 0.05) is 6.07 Å². The molecule has 0 amide bonds.